The van der Waals surface area contributed by atoms with Gasteiger partial charge in [-0.3, -0.25) is 9.59 Å². The highest BCUT2D eigenvalue weighted by Gasteiger charge is 2.38. The highest BCUT2D eigenvalue weighted by Crippen LogP contribution is 2.38. The first-order valence-electron chi connectivity index (χ1n) is 9.61. The monoisotopic (exact) mass is 391 g/mol. The van der Waals surface area contributed by atoms with Gasteiger partial charge in [0, 0.05) is 23.9 Å². The van der Waals surface area contributed by atoms with Crippen LogP contribution in [-0.2, 0) is 4.79 Å². The van der Waals surface area contributed by atoms with Crippen molar-refractivity contribution in [3.05, 3.63) is 53.6 Å². The van der Waals surface area contributed by atoms with Gasteiger partial charge in [-0.25, -0.2) is 0 Å². The summed E-state index contributed by atoms with van der Waals surface area (Å²) in [6.45, 7) is 8.73. The third kappa shape index (κ3) is 4.40. The number of hydrogen-bond donors (Lipinski definition) is 1. The minimum absolute atomic E-state index is 0.0232. The van der Waals surface area contributed by atoms with Gasteiger partial charge in [-0.15, -0.1) is 0 Å². The summed E-state index contributed by atoms with van der Waals surface area (Å²) in [4.78, 5) is 27.4. The summed E-state index contributed by atoms with van der Waals surface area (Å²) in [6, 6.07) is 13.8. The zero-order valence-corrected chi connectivity index (χ0v) is 17.2. The molecule has 0 unspecified atom stereocenters. The number of anilines is 2. The van der Waals surface area contributed by atoms with Crippen LogP contribution in [0.5, 0.6) is 5.75 Å². The summed E-state index contributed by atoms with van der Waals surface area (Å²) in [5, 5.41) is 11.8. The van der Waals surface area contributed by atoms with Crippen LogP contribution in [0, 0.1) is 22.7 Å². The fourth-order valence-corrected chi connectivity index (χ4v) is 3.20. The molecule has 1 heterocycles. The Bertz CT molecular complexity index is 989. The van der Waals surface area contributed by atoms with Crippen molar-refractivity contribution in [2.45, 2.75) is 27.7 Å². The van der Waals surface area contributed by atoms with E-state index in [0.717, 1.165) is 0 Å². The average molecular weight is 391 g/mol. The van der Waals surface area contributed by atoms with E-state index in [0.29, 0.717) is 40.7 Å². The molecule has 6 heteroatoms. The van der Waals surface area contributed by atoms with Crippen LogP contribution in [-0.4, -0.2) is 25.0 Å². The SMILES string of the molecule is CC(C)CN1C(=O)C(C)(C)COc2cc(NC(=O)c3cccc(C#N)c3)ccc21. The van der Waals surface area contributed by atoms with E-state index in [4.69, 9.17) is 10.00 Å². The van der Waals surface area contributed by atoms with Crippen LogP contribution in [0.1, 0.15) is 43.6 Å². The maximum absolute atomic E-state index is 13.0. The first kappa shape index (κ1) is 20.4. The second-order valence-electron chi connectivity index (χ2n) is 8.31. The Morgan fingerprint density at radius 3 is 2.72 bits per heavy atom. The Morgan fingerprint density at radius 1 is 1.28 bits per heavy atom. The van der Waals surface area contributed by atoms with Crippen LogP contribution in [0.25, 0.3) is 0 Å². The van der Waals surface area contributed by atoms with Crippen molar-refractivity contribution in [1.29, 1.82) is 5.26 Å². The Labute approximate surface area is 171 Å². The molecule has 2 aromatic rings. The third-order valence-corrected chi connectivity index (χ3v) is 4.72. The molecule has 0 atom stereocenters. The molecule has 3 rings (SSSR count). The van der Waals surface area contributed by atoms with Crippen LogP contribution in [0.3, 0.4) is 0 Å². The molecule has 0 spiro atoms. The van der Waals surface area contributed by atoms with Crippen molar-refractivity contribution in [3.8, 4) is 11.8 Å². The molecular weight excluding hydrogens is 366 g/mol. The van der Waals surface area contributed by atoms with Gasteiger partial charge >= 0.3 is 0 Å². The molecular formula is C23H25N3O3. The summed E-state index contributed by atoms with van der Waals surface area (Å²) in [7, 11) is 0. The van der Waals surface area contributed by atoms with Gasteiger partial charge in [0.25, 0.3) is 5.91 Å². The first-order valence-corrected chi connectivity index (χ1v) is 9.61. The molecule has 6 nitrogen and oxygen atoms in total. The molecule has 0 fully saturated rings. The number of carbonyl (C=O) groups excluding carboxylic acids is 2. The summed E-state index contributed by atoms with van der Waals surface area (Å²) < 4.78 is 5.95. The molecule has 2 aromatic carbocycles. The highest BCUT2D eigenvalue weighted by atomic mass is 16.5. The number of nitriles is 1. The summed E-state index contributed by atoms with van der Waals surface area (Å²) in [5.74, 6) is 0.571. The van der Waals surface area contributed by atoms with Gasteiger partial charge in [-0.2, -0.15) is 5.26 Å². The second-order valence-corrected chi connectivity index (χ2v) is 8.31. The molecule has 0 aromatic heterocycles. The lowest BCUT2D eigenvalue weighted by atomic mass is 9.92. The predicted octanol–water partition coefficient (Wildman–Crippen LogP) is 4.22. The van der Waals surface area contributed by atoms with Crippen LogP contribution >= 0.6 is 0 Å². The van der Waals surface area contributed by atoms with E-state index >= 15 is 0 Å². The minimum atomic E-state index is -0.644. The standard InChI is InChI=1S/C23H25N3O3/c1-15(2)13-26-19-9-8-18(11-20(19)29-14-23(3,4)22(26)28)25-21(27)17-7-5-6-16(10-17)12-24/h5-11,15H,13-14H2,1-4H3,(H,25,27). The Morgan fingerprint density at radius 2 is 2.03 bits per heavy atom. The lowest BCUT2D eigenvalue weighted by Gasteiger charge is -2.29. The molecule has 2 amide bonds. The third-order valence-electron chi connectivity index (χ3n) is 4.72. The second kappa shape index (κ2) is 7.96. The smallest absolute Gasteiger partial charge is 0.255 e. The molecule has 1 N–H and O–H groups in total. The molecule has 0 radical (unpaired) electrons. The molecule has 150 valence electrons. The van der Waals surface area contributed by atoms with Crippen molar-refractivity contribution < 1.29 is 14.3 Å². The van der Waals surface area contributed by atoms with Gasteiger partial charge in [0.1, 0.15) is 12.4 Å². The van der Waals surface area contributed by atoms with Gasteiger partial charge in [0.05, 0.1) is 22.7 Å². The topological polar surface area (TPSA) is 82.4 Å². The zero-order valence-electron chi connectivity index (χ0n) is 17.2. The first-order chi connectivity index (χ1) is 13.7. The molecule has 1 aliphatic rings. The fourth-order valence-electron chi connectivity index (χ4n) is 3.20. The summed E-state index contributed by atoms with van der Waals surface area (Å²) in [5.41, 5.74) is 1.45. The van der Waals surface area contributed by atoms with E-state index in [9.17, 15) is 9.59 Å². The van der Waals surface area contributed by atoms with Gasteiger partial charge in [0.2, 0.25) is 5.91 Å². The van der Waals surface area contributed by atoms with Crippen molar-refractivity contribution >= 4 is 23.2 Å². The molecule has 0 saturated heterocycles. The van der Waals surface area contributed by atoms with Crippen molar-refractivity contribution in [1.82, 2.24) is 0 Å². The predicted molar refractivity (Wildman–Crippen MR) is 112 cm³/mol. The van der Waals surface area contributed by atoms with E-state index in [1.165, 1.54) is 0 Å². The minimum Gasteiger partial charge on any atom is -0.490 e. The summed E-state index contributed by atoms with van der Waals surface area (Å²) >= 11 is 0. The Kier molecular flexibility index (Phi) is 5.60. The lowest BCUT2D eigenvalue weighted by Crippen LogP contribution is -2.43. The van der Waals surface area contributed by atoms with Gasteiger partial charge in [-0.05, 0) is 50.1 Å². The average Bonchev–Trinajstić information content (AvgIpc) is 2.78. The van der Waals surface area contributed by atoms with E-state index in [2.05, 4.69) is 19.2 Å². The number of fused-ring (bicyclic) bond motifs is 1. The summed E-state index contributed by atoms with van der Waals surface area (Å²) in [6.07, 6.45) is 0. The van der Waals surface area contributed by atoms with E-state index in [1.807, 2.05) is 19.9 Å². The number of benzene rings is 2. The largest absolute Gasteiger partial charge is 0.490 e. The highest BCUT2D eigenvalue weighted by molar-refractivity contribution is 6.05. The lowest BCUT2D eigenvalue weighted by molar-refractivity contribution is -0.127. The van der Waals surface area contributed by atoms with Crippen LogP contribution < -0.4 is 15.0 Å². The zero-order chi connectivity index (χ0) is 21.2. The number of nitrogens with zero attached hydrogens (tertiary/aromatic N) is 2. The molecule has 0 aliphatic carbocycles. The number of ether oxygens (including phenoxy) is 1. The molecule has 0 bridgehead atoms. The van der Waals surface area contributed by atoms with Crippen LogP contribution in [0.2, 0.25) is 0 Å². The maximum atomic E-state index is 13.0. The number of carbonyl (C=O) groups is 2. The molecule has 29 heavy (non-hydrogen) atoms. The fraction of sp³-hybridized carbons (Fsp3) is 0.348. The number of rotatable bonds is 4. The molecule has 1 aliphatic heterocycles. The number of amides is 2. The Balaban J connectivity index is 1.90. The van der Waals surface area contributed by atoms with Gasteiger partial charge in [-0.1, -0.05) is 19.9 Å². The normalized spacial score (nSPS) is 15.2. The number of hydrogen-bond acceptors (Lipinski definition) is 4. The van der Waals surface area contributed by atoms with E-state index in [1.54, 1.807) is 47.4 Å². The Hall–Kier alpha value is -3.33. The quantitative estimate of drug-likeness (QED) is 0.846. The van der Waals surface area contributed by atoms with Crippen molar-refractivity contribution in [2.24, 2.45) is 11.3 Å². The van der Waals surface area contributed by atoms with Crippen molar-refractivity contribution in [3.63, 3.8) is 0 Å². The van der Waals surface area contributed by atoms with E-state index < -0.39 is 5.41 Å². The van der Waals surface area contributed by atoms with Gasteiger partial charge < -0.3 is 15.0 Å². The number of nitrogens with one attached hydrogen (secondary N) is 1. The van der Waals surface area contributed by atoms with Crippen LogP contribution in [0.15, 0.2) is 42.5 Å². The van der Waals surface area contributed by atoms with Crippen LogP contribution in [0.4, 0.5) is 11.4 Å². The van der Waals surface area contributed by atoms with Gasteiger partial charge in [0.15, 0.2) is 0 Å². The van der Waals surface area contributed by atoms with E-state index in [-0.39, 0.29) is 18.4 Å². The maximum Gasteiger partial charge on any atom is 0.255 e. The molecule has 0 saturated carbocycles. The van der Waals surface area contributed by atoms with Crippen molar-refractivity contribution in [2.75, 3.05) is 23.4 Å².